The van der Waals surface area contributed by atoms with Gasteiger partial charge in [0.2, 0.25) is 11.8 Å². The SMILES string of the molecule is CCCCN1Cc2ccccc2C[C@H]1c1nnc(C)o1. The van der Waals surface area contributed by atoms with Crippen LogP contribution in [0.5, 0.6) is 0 Å². The zero-order valence-corrected chi connectivity index (χ0v) is 12.2. The normalized spacial score (nSPS) is 19.0. The molecule has 0 unspecified atom stereocenters. The first-order valence-corrected chi connectivity index (χ1v) is 7.38. The van der Waals surface area contributed by atoms with E-state index < -0.39 is 0 Å². The van der Waals surface area contributed by atoms with E-state index in [4.69, 9.17) is 4.42 Å². The van der Waals surface area contributed by atoms with Gasteiger partial charge in [-0.05, 0) is 30.5 Å². The predicted molar refractivity (Wildman–Crippen MR) is 77.2 cm³/mol. The molecule has 0 saturated carbocycles. The highest BCUT2D eigenvalue weighted by molar-refractivity contribution is 5.30. The van der Waals surface area contributed by atoms with Gasteiger partial charge in [-0.2, -0.15) is 0 Å². The average molecular weight is 271 g/mol. The Kier molecular flexibility index (Phi) is 3.83. The van der Waals surface area contributed by atoms with Crippen LogP contribution < -0.4 is 0 Å². The van der Waals surface area contributed by atoms with Gasteiger partial charge in [-0.25, -0.2) is 0 Å². The van der Waals surface area contributed by atoms with Gasteiger partial charge in [0.15, 0.2) is 0 Å². The number of benzene rings is 1. The molecule has 20 heavy (non-hydrogen) atoms. The lowest BCUT2D eigenvalue weighted by atomic mass is 9.93. The summed E-state index contributed by atoms with van der Waals surface area (Å²) in [6.45, 7) is 6.13. The van der Waals surface area contributed by atoms with Crippen LogP contribution in [0.4, 0.5) is 0 Å². The molecule has 1 aliphatic rings. The van der Waals surface area contributed by atoms with Gasteiger partial charge in [-0.15, -0.1) is 10.2 Å². The van der Waals surface area contributed by atoms with Crippen LogP contribution in [0.3, 0.4) is 0 Å². The number of rotatable bonds is 4. The Labute approximate surface area is 119 Å². The Balaban J connectivity index is 1.89. The van der Waals surface area contributed by atoms with E-state index in [1.165, 1.54) is 24.0 Å². The molecule has 1 aromatic carbocycles. The predicted octanol–water partition coefficient (Wildman–Crippen LogP) is 3.28. The minimum absolute atomic E-state index is 0.220. The molecule has 2 heterocycles. The van der Waals surface area contributed by atoms with Gasteiger partial charge in [0.25, 0.3) is 0 Å². The lowest BCUT2D eigenvalue weighted by Crippen LogP contribution is -2.35. The van der Waals surface area contributed by atoms with Crippen molar-refractivity contribution >= 4 is 0 Å². The van der Waals surface area contributed by atoms with E-state index in [1.807, 2.05) is 6.92 Å². The summed E-state index contributed by atoms with van der Waals surface area (Å²) in [6.07, 6.45) is 3.36. The zero-order chi connectivity index (χ0) is 13.9. The maximum absolute atomic E-state index is 5.68. The lowest BCUT2D eigenvalue weighted by Gasteiger charge is -2.34. The van der Waals surface area contributed by atoms with Crippen molar-refractivity contribution in [2.75, 3.05) is 6.54 Å². The molecule has 0 saturated heterocycles. The molecular formula is C16H21N3O. The number of hydrogen-bond donors (Lipinski definition) is 0. The van der Waals surface area contributed by atoms with E-state index >= 15 is 0 Å². The first kappa shape index (κ1) is 13.3. The summed E-state index contributed by atoms with van der Waals surface area (Å²) in [4.78, 5) is 2.47. The lowest BCUT2D eigenvalue weighted by molar-refractivity contribution is 0.143. The third-order valence-corrected chi connectivity index (χ3v) is 3.97. The van der Waals surface area contributed by atoms with Gasteiger partial charge in [-0.1, -0.05) is 37.6 Å². The quantitative estimate of drug-likeness (QED) is 0.856. The Morgan fingerprint density at radius 2 is 2.05 bits per heavy atom. The van der Waals surface area contributed by atoms with Crippen LogP contribution in [0.2, 0.25) is 0 Å². The summed E-state index contributed by atoms with van der Waals surface area (Å²) >= 11 is 0. The molecule has 106 valence electrons. The van der Waals surface area contributed by atoms with Crippen LogP contribution in [-0.2, 0) is 13.0 Å². The molecule has 1 aliphatic heterocycles. The van der Waals surface area contributed by atoms with Crippen molar-refractivity contribution in [2.45, 2.75) is 45.7 Å². The van der Waals surface area contributed by atoms with E-state index in [0.29, 0.717) is 5.89 Å². The molecule has 1 atom stereocenters. The van der Waals surface area contributed by atoms with Gasteiger partial charge < -0.3 is 4.42 Å². The molecule has 0 N–H and O–H groups in total. The second-order valence-electron chi connectivity index (χ2n) is 5.47. The molecule has 0 aliphatic carbocycles. The van der Waals surface area contributed by atoms with E-state index in [-0.39, 0.29) is 6.04 Å². The molecule has 2 aromatic rings. The molecule has 4 nitrogen and oxygen atoms in total. The third-order valence-electron chi connectivity index (χ3n) is 3.97. The van der Waals surface area contributed by atoms with Crippen LogP contribution in [0.15, 0.2) is 28.7 Å². The maximum atomic E-state index is 5.68. The Morgan fingerprint density at radius 1 is 1.25 bits per heavy atom. The topological polar surface area (TPSA) is 42.2 Å². The number of fused-ring (bicyclic) bond motifs is 1. The Morgan fingerprint density at radius 3 is 2.75 bits per heavy atom. The summed E-state index contributed by atoms with van der Waals surface area (Å²) in [5.74, 6) is 1.41. The van der Waals surface area contributed by atoms with Crippen molar-refractivity contribution in [1.29, 1.82) is 0 Å². The number of aryl methyl sites for hydroxylation is 1. The van der Waals surface area contributed by atoms with Gasteiger partial charge in [0, 0.05) is 13.5 Å². The number of aromatic nitrogens is 2. The first-order chi connectivity index (χ1) is 9.78. The third kappa shape index (κ3) is 2.61. The maximum Gasteiger partial charge on any atom is 0.233 e. The fraction of sp³-hybridized carbons (Fsp3) is 0.500. The molecule has 0 fully saturated rings. The highest BCUT2D eigenvalue weighted by Crippen LogP contribution is 2.32. The van der Waals surface area contributed by atoms with Gasteiger partial charge >= 0.3 is 0 Å². The summed E-state index contributed by atoms with van der Waals surface area (Å²) in [5.41, 5.74) is 2.83. The molecule has 3 rings (SSSR count). The fourth-order valence-electron chi connectivity index (χ4n) is 2.86. The van der Waals surface area contributed by atoms with E-state index in [9.17, 15) is 0 Å². The van der Waals surface area contributed by atoms with Gasteiger partial charge in [0.1, 0.15) is 0 Å². The molecule has 0 bridgehead atoms. The highest BCUT2D eigenvalue weighted by atomic mass is 16.4. The summed E-state index contributed by atoms with van der Waals surface area (Å²) in [6, 6.07) is 8.88. The van der Waals surface area contributed by atoms with Crippen molar-refractivity contribution in [1.82, 2.24) is 15.1 Å². The minimum Gasteiger partial charge on any atom is -0.424 e. The molecule has 0 amide bonds. The molecule has 0 radical (unpaired) electrons. The van der Waals surface area contributed by atoms with Crippen LogP contribution in [0, 0.1) is 6.92 Å². The highest BCUT2D eigenvalue weighted by Gasteiger charge is 2.30. The second kappa shape index (κ2) is 5.75. The van der Waals surface area contributed by atoms with E-state index in [1.54, 1.807) is 0 Å². The number of unbranched alkanes of at least 4 members (excludes halogenated alkanes) is 1. The Bertz CT molecular complexity index is 579. The number of nitrogens with zero attached hydrogens (tertiary/aromatic N) is 3. The zero-order valence-electron chi connectivity index (χ0n) is 12.2. The monoisotopic (exact) mass is 271 g/mol. The summed E-state index contributed by atoms with van der Waals surface area (Å²) in [5, 5.41) is 8.23. The molecule has 0 spiro atoms. The number of hydrogen-bond acceptors (Lipinski definition) is 4. The van der Waals surface area contributed by atoms with Crippen LogP contribution in [-0.4, -0.2) is 21.6 Å². The van der Waals surface area contributed by atoms with E-state index in [2.05, 4.69) is 46.3 Å². The van der Waals surface area contributed by atoms with Crippen molar-refractivity contribution in [3.8, 4) is 0 Å². The fourth-order valence-corrected chi connectivity index (χ4v) is 2.86. The second-order valence-corrected chi connectivity index (χ2v) is 5.47. The first-order valence-electron chi connectivity index (χ1n) is 7.38. The molecular weight excluding hydrogens is 250 g/mol. The summed E-state index contributed by atoms with van der Waals surface area (Å²) < 4.78 is 5.68. The largest absolute Gasteiger partial charge is 0.424 e. The van der Waals surface area contributed by atoms with Crippen molar-refractivity contribution in [2.24, 2.45) is 0 Å². The van der Waals surface area contributed by atoms with Crippen LogP contribution in [0.25, 0.3) is 0 Å². The van der Waals surface area contributed by atoms with Gasteiger partial charge in [-0.3, -0.25) is 4.90 Å². The Hall–Kier alpha value is -1.68. The van der Waals surface area contributed by atoms with Crippen molar-refractivity contribution in [3.05, 3.63) is 47.2 Å². The molecule has 1 aromatic heterocycles. The average Bonchev–Trinajstić information content (AvgIpc) is 2.90. The van der Waals surface area contributed by atoms with Crippen LogP contribution >= 0.6 is 0 Å². The van der Waals surface area contributed by atoms with Crippen molar-refractivity contribution in [3.63, 3.8) is 0 Å². The minimum atomic E-state index is 0.220. The standard InChI is InChI=1S/C16H21N3O/c1-3-4-9-19-11-14-8-6-5-7-13(14)10-15(19)16-18-17-12(2)20-16/h5-8,15H,3-4,9-11H2,1-2H3/t15-/m0/s1. The van der Waals surface area contributed by atoms with Crippen LogP contribution in [0.1, 0.15) is 48.7 Å². The van der Waals surface area contributed by atoms with Gasteiger partial charge in [0.05, 0.1) is 6.04 Å². The van der Waals surface area contributed by atoms with E-state index in [0.717, 1.165) is 25.4 Å². The molecule has 4 heteroatoms. The van der Waals surface area contributed by atoms with Crippen molar-refractivity contribution < 1.29 is 4.42 Å². The smallest absolute Gasteiger partial charge is 0.233 e. The summed E-state index contributed by atoms with van der Waals surface area (Å²) in [7, 11) is 0.